The lowest BCUT2D eigenvalue weighted by atomic mass is 10.0. The van der Waals surface area contributed by atoms with Crippen LogP contribution < -0.4 is 10.6 Å². The Labute approximate surface area is 241 Å². The Kier molecular flexibility index (Phi) is 8.51. The fraction of sp³-hybridized carbons (Fsp3) is 0.429. The summed E-state index contributed by atoms with van der Waals surface area (Å²) in [6, 6.07) is 8.21. The van der Waals surface area contributed by atoms with Crippen molar-refractivity contribution in [3.05, 3.63) is 66.3 Å². The molecule has 4 rings (SSSR count). The first kappa shape index (κ1) is 29.2. The Morgan fingerprint density at radius 2 is 1.79 bits per heavy atom. The first-order chi connectivity index (χ1) is 18.2. The van der Waals surface area contributed by atoms with E-state index in [0.29, 0.717) is 31.0 Å². The van der Waals surface area contributed by atoms with E-state index in [0.717, 1.165) is 30.1 Å². The average molecular weight is 589 g/mol. The lowest BCUT2D eigenvalue weighted by Crippen LogP contribution is -2.43. The van der Waals surface area contributed by atoms with E-state index < -0.39 is 11.6 Å². The maximum atomic E-state index is 13.3. The molecule has 11 heteroatoms. The number of hydrogen-bond acceptors (Lipinski definition) is 8. The number of aromatic nitrogens is 1. The van der Waals surface area contributed by atoms with Crippen LogP contribution >= 0.6 is 34.3 Å². The van der Waals surface area contributed by atoms with Crippen molar-refractivity contribution in [1.29, 1.82) is 0 Å². The standard InChI is InChI=1S/C28H33ClN4O4S2/c1-27(2,3)33-12-11-18-21(15-33)39-25(32-18)24(35)31-19-13-16(26(36)37-28(4,5)6)7-8-17(19)14-30-23(34)20-9-10-22(29)38-20/h7-10,13H,11-12,14-15H2,1-6H3,(H,30,34)(H,31,35). The van der Waals surface area contributed by atoms with Crippen molar-refractivity contribution in [2.24, 2.45) is 0 Å². The normalized spacial score (nSPS) is 14.0. The van der Waals surface area contributed by atoms with Crippen molar-refractivity contribution in [2.75, 3.05) is 11.9 Å². The molecule has 0 saturated heterocycles. The van der Waals surface area contributed by atoms with Crippen LogP contribution in [0.2, 0.25) is 4.34 Å². The highest BCUT2D eigenvalue weighted by atomic mass is 35.5. The Bertz CT molecular complexity index is 1400. The smallest absolute Gasteiger partial charge is 0.338 e. The summed E-state index contributed by atoms with van der Waals surface area (Å²) in [5.41, 5.74) is 1.63. The van der Waals surface area contributed by atoms with Gasteiger partial charge in [0.05, 0.1) is 20.5 Å². The van der Waals surface area contributed by atoms with Crippen molar-refractivity contribution < 1.29 is 19.1 Å². The highest BCUT2D eigenvalue weighted by molar-refractivity contribution is 7.18. The second kappa shape index (κ2) is 11.4. The van der Waals surface area contributed by atoms with Gasteiger partial charge >= 0.3 is 5.97 Å². The van der Waals surface area contributed by atoms with Gasteiger partial charge in [-0.1, -0.05) is 17.7 Å². The maximum absolute atomic E-state index is 13.3. The second-order valence-corrected chi connectivity index (χ2v) is 14.1. The number of anilines is 1. The zero-order valence-corrected chi connectivity index (χ0v) is 25.3. The first-order valence-corrected chi connectivity index (χ1v) is 14.7. The van der Waals surface area contributed by atoms with E-state index in [4.69, 9.17) is 16.3 Å². The van der Waals surface area contributed by atoms with Gasteiger partial charge in [0.2, 0.25) is 0 Å². The number of carbonyl (C=O) groups excluding carboxylic acids is 3. The number of rotatable bonds is 6. The van der Waals surface area contributed by atoms with Crippen LogP contribution in [0.25, 0.3) is 0 Å². The molecule has 0 atom stereocenters. The molecule has 3 heterocycles. The zero-order valence-electron chi connectivity index (χ0n) is 22.9. The summed E-state index contributed by atoms with van der Waals surface area (Å²) in [6.07, 6.45) is 0.786. The fourth-order valence-electron chi connectivity index (χ4n) is 4.05. The van der Waals surface area contributed by atoms with Crippen molar-refractivity contribution in [2.45, 2.75) is 72.2 Å². The largest absolute Gasteiger partial charge is 0.456 e. The van der Waals surface area contributed by atoms with Crippen LogP contribution in [-0.2, 0) is 24.2 Å². The SMILES string of the molecule is CC(C)(C)OC(=O)c1ccc(CNC(=O)c2ccc(Cl)s2)c(NC(=O)c2nc3c(s2)CN(C(C)(C)C)CC3)c1. The molecule has 39 heavy (non-hydrogen) atoms. The highest BCUT2D eigenvalue weighted by Gasteiger charge is 2.29. The van der Waals surface area contributed by atoms with E-state index in [1.54, 1.807) is 51.1 Å². The molecule has 0 aliphatic carbocycles. The summed E-state index contributed by atoms with van der Waals surface area (Å²) in [6.45, 7) is 13.7. The molecule has 2 aromatic heterocycles. The Morgan fingerprint density at radius 1 is 1.05 bits per heavy atom. The molecule has 3 aromatic rings. The molecular formula is C28H33ClN4O4S2. The number of amides is 2. The molecule has 0 spiro atoms. The summed E-state index contributed by atoms with van der Waals surface area (Å²) in [5.74, 6) is -1.15. The molecule has 1 aliphatic rings. The predicted molar refractivity (Wildman–Crippen MR) is 156 cm³/mol. The maximum Gasteiger partial charge on any atom is 0.338 e. The van der Waals surface area contributed by atoms with Gasteiger partial charge in [-0.3, -0.25) is 14.5 Å². The molecule has 0 fully saturated rings. The molecule has 2 N–H and O–H groups in total. The van der Waals surface area contributed by atoms with Gasteiger partial charge in [0.1, 0.15) is 5.60 Å². The van der Waals surface area contributed by atoms with Crippen LogP contribution in [0.4, 0.5) is 5.69 Å². The summed E-state index contributed by atoms with van der Waals surface area (Å²) in [7, 11) is 0. The van der Waals surface area contributed by atoms with Gasteiger partial charge in [-0.15, -0.1) is 22.7 Å². The number of esters is 1. The predicted octanol–water partition coefficient (Wildman–Crippen LogP) is 6.15. The number of hydrogen-bond donors (Lipinski definition) is 2. The summed E-state index contributed by atoms with van der Waals surface area (Å²) in [5, 5.41) is 6.14. The number of halogens is 1. The van der Waals surface area contributed by atoms with Gasteiger partial charge in [-0.25, -0.2) is 9.78 Å². The summed E-state index contributed by atoms with van der Waals surface area (Å²) < 4.78 is 6.03. The fourth-order valence-corrected chi connectivity index (χ4v) is 6.03. The highest BCUT2D eigenvalue weighted by Crippen LogP contribution is 2.30. The minimum Gasteiger partial charge on any atom is -0.456 e. The Balaban J connectivity index is 1.56. The molecule has 1 aromatic carbocycles. The molecule has 8 nitrogen and oxygen atoms in total. The monoisotopic (exact) mass is 588 g/mol. The molecule has 0 saturated carbocycles. The van der Waals surface area contributed by atoms with E-state index in [-0.39, 0.29) is 23.9 Å². The molecule has 0 radical (unpaired) electrons. The topological polar surface area (TPSA) is 101 Å². The van der Waals surface area contributed by atoms with Gasteiger partial charge in [0.25, 0.3) is 11.8 Å². The van der Waals surface area contributed by atoms with Gasteiger partial charge in [0, 0.05) is 42.2 Å². The number of carbonyl (C=O) groups is 3. The number of ether oxygens (including phenoxy) is 1. The number of nitrogens with one attached hydrogen (secondary N) is 2. The van der Waals surface area contributed by atoms with E-state index >= 15 is 0 Å². The van der Waals surface area contributed by atoms with Gasteiger partial charge in [-0.2, -0.15) is 0 Å². The van der Waals surface area contributed by atoms with Crippen molar-refractivity contribution >= 4 is 57.7 Å². The van der Waals surface area contributed by atoms with Crippen LogP contribution in [0.1, 0.15) is 87.5 Å². The van der Waals surface area contributed by atoms with Crippen LogP contribution in [0.3, 0.4) is 0 Å². The molecular weight excluding hydrogens is 556 g/mol. The lowest BCUT2D eigenvalue weighted by molar-refractivity contribution is 0.00692. The summed E-state index contributed by atoms with van der Waals surface area (Å²) in [4.78, 5) is 47.3. The van der Waals surface area contributed by atoms with Crippen LogP contribution in [0, 0.1) is 0 Å². The van der Waals surface area contributed by atoms with E-state index in [1.165, 1.54) is 22.7 Å². The number of thiophene rings is 1. The van der Waals surface area contributed by atoms with E-state index in [1.807, 2.05) is 0 Å². The minimum atomic E-state index is -0.671. The van der Waals surface area contributed by atoms with Crippen LogP contribution in [-0.4, -0.2) is 45.4 Å². The number of thiazole rings is 1. The quantitative estimate of drug-likeness (QED) is 0.335. The van der Waals surface area contributed by atoms with Gasteiger partial charge < -0.3 is 15.4 Å². The Morgan fingerprint density at radius 3 is 2.44 bits per heavy atom. The van der Waals surface area contributed by atoms with Crippen molar-refractivity contribution in [1.82, 2.24) is 15.2 Å². The molecule has 0 unspecified atom stereocenters. The average Bonchev–Trinajstić information content (AvgIpc) is 3.47. The minimum absolute atomic E-state index is 0.0278. The second-order valence-electron chi connectivity index (χ2n) is 11.3. The molecule has 208 valence electrons. The van der Waals surface area contributed by atoms with E-state index in [9.17, 15) is 14.4 Å². The van der Waals surface area contributed by atoms with Gasteiger partial charge in [-0.05, 0) is 71.4 Å². The number of nitrogens with zero attached hydrogens (tertiary/aromatic N) is 2. The van der Waals surface area contributed by atoms with Crippen molar-refractivity contribution in [3.63, 3.8) is 0 Å². The summed E-state index contributed by atoms with van der Waals surface area (Å²) >= 11 is 8.53. The lowest BCUT2D eigenvalue weighted by Gasteiger charge is -2.37. The number of fused-ring (bicyclic) bond motifs is 1. The zero-order chi connectivity index (χ0) is 28.5. The molecule has 1 aliphatic heterocycles. The van der Waals surface area contributed by atoms with Crippen LogP contribution in [0.15, 0.2) is 30.3 Å². The third-order valence-electron chi connectivity index (χ3n) is 6.10. The first-order valence-electron chi connectivity index (χ1n) is 12.6. The third kappa shape index (κ3) is 7.45. The van der Waals surface area contributed by atoms with Gasteiger partial charge in [0.15, 0.2) is 5.01 Å². The van der Waals surface area contributed by atoms with E-state index in [2.05, 4.69) is 41.3 Å². The molecule has 2 amide bonds. The third-order valence-corrected chi connectivity index (χ3v) is 8.41. The van der Waals surface area contributed by atoms with Crippen molar-refractivity contribution in [3.8, 4) is 0 Å². The Hall–Kier alpha value is -2.79. The van der Waals surface area contributed by atoms with Crippen LogP contribution in [0.5, 0.6) is 0 Å². The molecule has 0 bridgehead atoms. The number of benzene rings is 1.